The average Bonchev–Trinajstić information content (AvgIpc) is 3.12. The highest BCUT2D eigenvalue weighted by Gasteiger charge is 2.34. The fourth-order valence-corrected chi connectivity index (χ4v) is 5.40. The van der Waals surface area contributed by atoms with Crippen molar-refractivity contribution in [3.8, 4) is 0 Å². The molecule has 2 aliphatic rings. The van der Waals surface area contributed by atoms with Crippen LogP contribution in [0.1, 0.15) is 12.2 Å². The quantitative estimate of drug-likeness (QED) is 0.864. The Balaban J connectivity index is 1.50. The van der Waals surface area contributed by atoms with Crippen molar-refractivity contribution in [2.75, 3.05) is 42.6 Å². The summed E-state index contributed by atoms with van der Waals surface area (Å²) in [5.41, 5.74) is 0.872. The molecule has 0 aromatic carbocycles. The van der Waals surface area contributed by atoms with Crippen LogP contribution in [0.3, 0.4) is 0 Å². The standard InChI is InChI=1S/C15H21N5O2S/c1-11-17-14-13(2-4-16-14)15(18-11)20-7-5-19(6-8-20)12-3-9-23(21,22)10-12/h2,4,12H,3,5-10H2,1H3,(H,16,17,18)/t12-/m0/s1. The molecule has 4 heterocycles. The summed E-state index contributed by atoms with van der Waals surface area (Å²) in [6.07, 6.45) is 2.67. The Kier molecular flexibility index (Phi) is 3.53. The van der Waals surface area contributed by atoms with E-state index in [1.165, 1.54) is 0 Å². The second-order valence-corrected chi connectivity index (χ2v) is 8.64. The summed E-state index contributed by atoms with van der Waals surface area (Å²) in [4.78, 5) is 16.8. The maximum atomic E-state index is 11.7. The first kappa shape index (κ1) is 14.9. The van der Waals surface area contributed by atoms with Crippen LogP contribution in [0.15, 0.2) is 12.3 Å². The number of aryl methyl sites for hydroxylation is 1. The fourth-order valence-electron chi connectivity index (χ4n) is 3.64. The van der Waals surface area contributed by atoms with E-state index in [-0.39, 0.29) is 6.04 Å². The zero-order valence-corrected chi connectivity index (χ0v) is 14.0. The summed E-state index contributed by atoms with van der Waals surface area (Å²) in [7, 11) is -2.82. The molecule has 0 aliphatic carbocycles. The third-order valence-electron chi connectivity index (χ3n) is 4.85. The van der Waals surface area contributed by atoms with E-state index in [2.05, 4.69) is 24.8 Å². The summed E-state index contributed by atoms with van der Waals surface area (Å²) in [5.74, 6) is 2.40. The first-order valence-electron chi connectivity index (χ1n) is 8.03. The highest BCUT2D eigenvalue weighted by atomic mass is 32.2. The lowest BCUT2D eigenvalue weighted by molar-refractivity contribution is 0.200. The normalized spacial score (nSPS) is 25.3. The lowest BCUT2D eigenvalue weighted by Crippen LogP contribution is -2.51. The van der Waals surface area contributed by atoms with Gasteiger partial charge in [0.25, 0.3) is 0 Å². The van der Waals surface area contributed by atoms with E-state index in [0.29, 0.717) is 11.5 Å². The molecule has 0 radical (unpaired) electrons. The van der Waals surface area contributed by atoms with Gasteiger partial charge < -0.3 is 9.88 Å². The summed E-state index contributed by atoms with van der Waals surface area (Å²) in [5, 5.41) is 1.05. The van der Waals surface area contributed by atoms with Gasteiger partial charge in [-0.05, 0) is 19.4 Å². The van der Waals surface area contributed by atoms with Gasteiger partial charge >= 0.3 is 0 Å². The third-order valence-corrected chi connectivity index (χ3v) is 6.60. The molecule has 0 bridgehead atoms. The van der Waals surface area contributed by atoms with Crippen molar-refractivity contribution in [3.05, 3.63) is 18.1 Å². The monoisotopic (exact) mass is 335 g/mol. The number of nitrogens with zero attached hydrogens (tertiary/aromatic N) is 4. The number of aromatic nitrogens is 3. The van der Waals surface area contributed by atoms with Crippen LogP contribution in [-0.2, 0) is 9.84 Å². The van der Waals surface area contributed by atoms with E-state index in [4.69, 9.17) is 0 Å². The molecule has 8 heteroatoms. The summed E-state index contributed by atoms with van der Waals surface area (Å²) < 4.78 is 23.3. The highest BCUT2D eigenvalue weighted by molar-refractivity contribution is 7.91. The predicted octanol–water partition coefficient (Wildman–Crippen LogP) is 0.575. The van der Waals surface area contributed by atoms with E-state index < -0.39 is 9.84 Å². The number of anilines is 1. The van der Waals surface area contributed by atoms with Crippen molar-refractivity contribution in [3.63, 3.8) is 0 Å². The smallest absolute Gasteiger partial charge is 0.151 e. The molecule has 7 nitrogen and oxygen atoms in total. The second-order valence-electron chi connectivity index (χ2n) is 6.41. The van der Waals surface area contributed by atoms with Crippen LogP contribution in [0.25, 0.3) is 11.0 Å². The van der Waals surface area contributed by atoms with Crippen molar-refractivity contribution in [1.82, 2.24) is 19.9 Å². The molecule has 2 saturated heterocycles. The van der Waals surface area contributed by atoms with E-state index in [0.717, 1.165) is 55.3 Å². The van der Waals surface area contributed by atoms with Crippen molar-refractivity contribution < 1.29 is 8.42 Å². The van der Waals surface area contributed by atoms with Crippen molar-refractivity contribution in [2.24, 2.45) is 0 Å². The Morgan fingerprint density at radius 1 is 1.22 bits per heavy atom. The van der Waals surface area contributed by atoms with Gasteiger partial charge in [-0.3, -0.25) is 4.90 Å². The molecule has 1 atom stereocenters. The molecule has 1 N–H and O–H groups in total. The maximum Gasteiger partial charge on any atom is 0.151 e. The van der Waals surface area contributed by atoms with Crippen LogP contribution < -0.4 is 4.90 Å². The van der Waals surface area contributed by atoms with Crippen LogP contribution in [0.4, 0.5) is 5.82 Å². The number of nitrogens with one attached hydrogen (secondary N) is 1. The minimum atomic E-state index is -2.82. The molecule has 23 heavy (non-hydrogen) atoms. The largest absolute Gasteiger partial charge is 0.353 e. The molecule has 0 unspecified atom stereocenters. The lowest BCUT2D eigenvalue weighted by atomic mass is 10.2. The molecular formula is C15H21N5O2S. The van der Waals surface area contributed by atoms with Gasteiger partial charge in [0.15, 0.2) is 9.84 Å². The second kappa shape index (κ2) is 5.45. The van der Waals surface area contributed by atoms with Crippen molar-refractivity contribution >= 4 is 26.7 Å². The topological polar surface area (TPSA) is 82.2 Å². The van der Waals surface area contributed by atoms with E-state index in [1.807, 2.05) is 19.2 Å². The highest BCUT2D eigenvalue weighted by Crippen LogP contribution is 2.26. The van der Waals surface area contributed by atoms with Gasteiger partial charge in [0.1, 0.15) is 17.3 Å². The number of rotatable bonds is 2. The molecule has 0 amide bonds. The number of aromatic amines is 1. The molecule has 2 aromatic heterocycles. The van der Waals surface area contributed by atoms with Gasteiger partial charge in [0, 0.05) is 38.4 Å². The van der Waals surface area contributed by atoms with Gasteiger partial charge in [0.05, 0.1) is 16.9 Å². The molecule has 2 aliphatic heterocycles. The number of hydrogen-bond donors (Lipinski definition) is 1. The van der Waals surface area contributed by atoms with Crippen molar-refractivity contribution in [2.45, 2.75) is 19.4 Å². The van der Waals surface area contributed by atoms with E-state index >= 15 is 0 Å². The summed E-state index contributed by atoms with van der Waals surface area (Å²) >= 11 is 0. The molecular weight excluding hydrogens is 314 g/mol. The number of fused-ring (bicyclic) bond motifs is 1. The minimum absolute atomic E-state index is 0.196. The fraction of sp³-hybridized carbons (Fsp3) is 0.600. The van der Waals surface area contributed by atoms with Gasteiger partial charge in [-0.25, -0.2) is 18.4 Å². The van der Waals surface area contributed by atoms with Gasteiger partial charge in [0.2, 0.25) is 0 Å². The van der Waals surface area contributed by atoms with Crippen LogP contribution in [-0.4, -0.2) is 72.0 Å². The Labute approximate surface area is 135 Å². The SMILES string of the molecule is Cc1nc(N2CCN([C@H]3CCS(=O)(=O)C3)CC2)c2cc[nH]c2n1. The Morgan fingerprint density at radius 2 is 2.00 bits per heavy atom. The van der Waals surface area contributed by atoms with Crippen LogP contribution in [0.5, 0.6) is 0 Å². The zero-order chi connectivity index (χ0) is 16.0. The minimum Gasteiger partial charge on any atom is -0.353 e. The number of H-pyrrole nitrogens is 1. The molecule has 2 aromatic rings. The van der Waals surface area contributed by atoms with Gasteiger partial charge in [-0.1, -0.05) is 0 Å². The van der Waals surface area contributed by atoms with Gasteiger partial charge in [-0.2, -0.15) is 0 Å². The molecule has 124 valence electrons. The van der Waals surface area contributed by atoms with Gasteiger partial charge in [-0.15, -0.1) is 0 Å². The summed E-state index contributed by atoms with van der Waals surface area (Å²) in [6.45, 7) is 5.41. The third kappa shape index (κ3) is 2.81. The molecule has 4 rings (SSSR count). The van der Waals surface area contributed by atoms with Crippen LogP contribution in [0.2, 0.25) is 0 Å². The van der Waals surface area contributed by atoms with Crippen LogP contribution >= 0.6 is 0 Å². The predicted molar refractivity (Wildman–Crippen MR) is 89.5 cm³/mol. The first-order valence-corrected chi connectivity index (χ1v) is 9.85. The Morgan fingerprint density at radius 3 is 2.70 bits per heavy atom. The maximum absolute atomic E-state index is 11.7. The first-order chi connectivity index (χ1) is 11.0. The molecule has 2 fully saturated rings. The zero-order valence-electron chi connectivity index (χ0n) is 13.2. The van der Waals surface area contributed by atoms with Crippen molar-refractivity contribution in [1.29, 1.82) is 0 Å². The number of hydrogen-bond acceptors (Lipinski definition) is 6. The average molecular weight is 335 g/mol. The van der Waals surface area contributed by atoms with E-state index in [9.17, 15) is 8.42 Å². The number of piperazine rings is 1. The van der Waals surface area contributed by atoms with E-state index in [1.54, 1.807) is 0 Å². The summed E-state index contributed by atoms with van der Waals surface area (Å²) in [6, 6.07) is 2.21. The molecule has 0 saturated carbocycles. The van der Waals surface area contributed by atoms with Crippen LogP contribution in [0, 0.1) is 6.92 Å². The Hall–Kier alpha value is -1.67. The Bertz CT molecular complexity index is 824. The molecule has 0 spiro atoms. The lowest BCUT2D eigenvalue weighted by Gasteiger charge is -2.38. The number of sulfone groups is 1.